The third-order valence-corrected chi connectivity index (χ3v) is 2.01. The summed E-state index contributed by atoms with van der Waals surface area (Å²) in [5, 5.41) is 5.06. The minimum absolute atomic E-state index is 0.280. The predicted octanol–water partition coefficient (Wildman–Crippen LogP) is 1.83. The van der Waals surface area contributed by atoms with E-state index in [2.05, 4.69) is 10.6 Å². The zero-order valence-corrected chi connectivity index (χ0v) is 9.57. The third-order valence-electron chi connectivity index (χ3n) is 2.01. The first kappa shape index (κ1) is 12.8. The molecule has 0 spiro atoms. The van der Waals surface area contributed by atoms with E-state index in [1.54, 1.807) is 36.5 Å². The first-order chi connectivity index (χ1) is 8.15. The van der Waals surface area contributed by atoms with Crippen LogP contribution in [-0.2, 0) is 0 Å². The summed E-state index contributed by atoms with van der Waals surface area (Å²) in [7, 11) is 0. The number of nitrogens with one attached hydrogen (secondary N) is 2. The van der Waals surface area contributed by atoms with Gasteiger partial charge in [0.15, 0.2) is 0 Å². The number of hydrogen-bond acceptors (Lipinski definition) is 2. The van der Waals surface area contributed by atoms with Crippen LogP contribution in [0.3, 0.4) is 0 Å². The van der Waals surface area contributed by atoms with Crippen molar-refractivity contribution in [2.75, 3.05) is 5.32 Å². The fraction of sp³-hybridized carbons (Fsp3) is 0.167. The second-order valence-corrected chi connectivity index (χ2v) is 3.32. The molecular weight excluding hydrogens is 218 g/mol. The third kappa shape index (κ3) is 3.98. The maximum Gasteiger partial charge on any atom is 0.323 e. The summed E-state index contributed by atoms with van der Waals surface area (Å²) in [4.78, 5) is 22.5. The molecule has 5 nitrogen and oxygen atoms in total. The van der Waals surface area contributed by atoms with Gasteiger partial charge in [0.05, 0.1) is 11.3 Å². The Labute approximate surface area is 99.7 Å². The van der Waals surface area contributed by atoms with Crippen LogP contribution in [0.1, 0.15) is 23.7 Å². The molecule has 3 amide bonds. The molecule has 0 saturated carbocycles. The van der Waals surface area contributed by atoms with Gasteiger partial charge in [0.2, 0.25) is 0 Å². The number of rotatable bonds is 4. The number of nitrogens with two attached hydrogens (primary N) is 1. The van der Waals surface area contributed by atoms with Crippen LogP contribution in [0.2, 0.25) is 0 Å². The molecule has 0 aliphatic heterocycles. The van der Waals surface area contributed by atoms with Gasteiger partial charge in [-0.2, -0.15) is 0 Å². The number of allylic oxidation sites excluding steroid dienone is 1. The van der Waals surface area contributed by atoms with Crippen molar-refractivity contribution in [3.8, 4) is 0 Å². The molecule has 4 N–H and O–H groups in total. The van der Waals surface area contributed by atoms with Gasteiger partial charge in [-0.1, -0.05) is 25.1 Å². The molecule has 17 heavy (non-hydrogen) atoms. The molecule has 0 atom stereocenters. The van der Waals surface area contributed by atoms with Crippen molar-refractivity contribution < 1.29 is 9.59 Å². The highest BCUT2D eigenvalue weighted by Crippen LogP contribution is 2.13. The lowest BCUT2D eigenvalue weighted by molar-refractivity contribution is 0.100. The van der Waals surface area contributed by atoms with Crippen LogP contribution in [0.5, 0.6) is 0 Å². The van der Waals surface area contributed by atoms with Gasteiger partial charge >= 0.3 is 6.03 Å². The number of anilines is 1. The maximum atomic E-state index is 11.4. The Morgan fingerprint density at radius 2 is 2.06 bits per heavy atom. The van der Waals surface area contributed by atoms with Crippen molar-refractivity contribution in [2.24, 2.45) is 5.73 Å². The monoisotopic (exact) mass is 233 g/mol. The van der Waals surface area contributed by atoms with E-state index >= 15 is 0 Å². The van der Waals surface area contributed by atoms with Gasteiger partial charge in [-0.25, -0.2) is 4.79 Å². The fourth-order valence-electron chi connectivity index (χ4n) is 1.22. The molecule has 0 aromatic heterocycles. The van der Waals surface area contributed by atoms with Crippen LogP contribution in [-0.4, -0.2) is 11.9 Å². The molecule has 1 aromatic carbocycles. The van der Waals surface area contributed by atoms with E-state index in [1.165, 1.54) is 0 Å². The van der Waals surface area contributed by atoms with E-state index < -0.39 is 11.9 Å². The zero-order chi connectivity index (χ0) is 12.7. The Bertz CT molecular complexity index is 441. The van der Waals surface area contributed by atoms with E-state index in [0.29, 0.717) is 5.69 Å². The SMILES string of the molecule is CC/C=C/NC(=O)Nc1ccccc1C(N)=O. The van der Waals surface area contributed by atoms with Crippen LogP contribution < -0.4 is 16.4 Å². The molecule has 0 saturated heterocycles. The first-order valence-corrected chi connectivity index (χ1v) is 5.26. The number of primary amides is 1. The van der Waals surface area contributed by atoms with E-state index in [0.717, 1.165) is 6.42 Å². The van der Waals surface area contributed by atoms with E-state index in [4.69, 9.17) is 5.73 Å². The van der Waals surface area contributed by atoms with E-state index in [1.807, 2.05) is 6.92 Å². The maximum absolute atomic E-state index is 11.4. The molecule has 0 aliphatic carbocycles. The second kappa shape index (κ2) is 6.32. The minimum Gasteiger partial charge on any atom is -0.366 e. The van der Waals surface area contributed by atoms with E-state index in [9.17, 15) is 9.59 Å². The van der Waals surface area contributed by atoms with Crippen molar-refractivity contribution >= 4 is 17.6 Å². The number of hydrogen-bond donors (Lipinski definition) is 3. The first-order valence-electron chi connectivity index (χ1n) is 5.26. The summed E-state index contributed by atoms with van der Waals surface area (Å²) in [5.41, 5.74) is 5.86. The largest absolute Gasteiger partial charge is 0.366 e. The molecule has 0 radical (unpaired) electrons. The smallest absolute Gasteiger partial charge is 0.323 e. The van der Waals surface area contributed by atoms with Crippen LogP contribution in [0.15, 0.2) is 36.5 Å². The topological polar surface area (TPSA) is 84.2 Å². The van der Waals surface area contributed by atoms with Crippen LogP contribution in [0, 0.1) is 0 Å². The van der Waals surface area contributed by atoms with Gasteiger partial charge in [-0.05, 0) is 18.6 Å². The van der Waals surface area contributed by atoms with Gasteiger partial charge < -0.3 is 16.4 Å². The van der Waals surface area contributed by atoms with E-state index in [-0.39, 0.29) is 5.56 Å². The molecule has 90 valence electrons. The summed E-state index contributed by atoms with van der Waals surface area (Å²) in [5.74, 6) is -0.579. The molecule has 1 aromatic rings. The molecule has 0 heterocycles. The van der Waals surface area contributed by atoms with Gasteiger partial charge in [0.25, 0.3) is 5.91 Å². The Kier molecular flexibility index (Phi) is 4.75. The molecule has 0 unspecified atom stereocenters. The molecular formula is C12H15N3O2. The highest BCUT2D eigenvalue weighted by atomic mass is 16.2. The Morgan fingerprint density at radius 1 is 1.35 bits per heavy atom. The highest BCUT2D eigenvalue weighted by molar-refractivity contribution is 6.02. The van der Waals surface area contributed by atoms with Crippen molar-refractivity contribution in [3.05, 3.63) is 42.1 Å². The normalized spacial score (nSPS) is 10.2. The lowest BCUT2D eigenvalue weighted by Crippen LogP contribution is -2.25. The molecule has 0 bridgehead atoms. The quantitative estimate of drug-likeness (QED) is 0.741. The van der Waals surface area contributed by atoms with Crippen molar-refractivity contribution in [1.82, 2.24) is 5.32 Å². The highest BCUT2D eigenvalue weighted by Gasteiger charge is 2.08. The lowest BCUT2D eigenvalue weighted by Gasteiger charge is -2.07. The van der Waals surface area contributed by atoms with Crippen LogP contribution in [0.4, 0.5) is 10.5 Å². The van der Waals surface area contributed by atoms with Gasteiger partial charge in [0, 0.05) is 6.20 Å². The second-order valence-electron chi connectivity index (χ2n) is 3.32. The Morgan fingerprint density at radius 3 is 2.71 bits per heavy atom. The molecule has 0 aliphatic rings. The lowest BCUT2D eigenvalue weighted by atomic mass is 10.1. The predicted molar refractivity (Wildman–Crippen MR) is 66.5 cm³/mol. The summed E-state index contributed by atoms with van der Waals surface area (Å²) in [6.07, 6.45) is 4.18. The van der Waals surface area contributed by atoms with Crippen molar-refractivity contribution in [3.63, 3.8) is 0 Å². The minimum atomic E-state index is -0.579. The molecule has 5 heteroatoms. The Hall–Kier alpha value is -2.30. The summed E-state index contributed by atoms with van der Waals surface area (Å²) in [6, 6.07) is 6.15. The van der Waals surface area contributed by atoms with Gasteiger partial charge in [-0.15, -0.1) is 0 Å². The number of amides is 3. The zero-order valence-electron chi connectivity index (χ0n) is 9.57. The standard InChI is InChI=1S/C12H15N3O2/c1-2-3-8-14-12(17)15-10-7-5-4-6-9(10)11(13)16/h3-8H,2H2,1H3,(H2,13,16)(H2,14,15,17)/b8-3+. The Balaban J connectivity index is 2.71. The van der Waals surface area contributed by atoms with Gasteiger partial charge in [-0.3, -0.25) is 4.79 Å². The average Bonchev–Trinajstić information content (AvgIpc) is 2.29. The van der Waals surface area contributed by atoms with Crippen LogP contribution >= 0.6 is 0 Å². The number of para-hydroxylation sites is 1. The van der Waals surface area contributed by atoms with Crippen LogP contribution in [0.25, 0.3) is 0 Å². The number of benzene rings is 1. The summed E-state index contributed by atoms with van der Waals surface area (Å²) < 4.78 is 0. The number of urea groups is 1. The van der Waals surface area contributed by atoms with Gasteiger partial charge in [0.1, 0.15) is 0 Å². The average molecular weight is 233 g/mol. The van der Waals surface area contributed by atoms with Crippen molar-refractivity contribution in [1.29, 1.82) is 0 Å². The van der Waals surface area contributed by atoms with Crippen molar-refractivity contribution in [2.45, 2.75) is 13.3 Å². The summed E-state index contributed by atoms with van der Waals surface area (Å²) >= 11 is 0. The number of carbonyl (C=O) groups is 2. The summed E-state index contributed by atoms with van der Waals surface area (Å²) in [6.45, 7) is 1.96. The molecule has 0 fully saturated rings. The number of carbonyl (C=O) groups excluding carboxylic acids is 2. The molecule has 1 rings (SSSR count). The fourth-order valence-corrected chi connectivity index (χ4v) is 1.22.